The van der Waals surface area contributed by atoms with Gasteiger partial charge in [0.15, 0.2) is 17.5 Å². The van der Waals surface area contributed by atoms with Crippen molar-refractivity contribution in [3.63, 3.8) is 0 Å². The molecule has 0 atom stereocenters. The molecule has 0 saturated carbocycles. The van der Waals surface area contributed by atoms with Crippen molar-refractivity contribution in [3.8, 4) is 5.75 Å². The van der Waals surface area contributed by atoms with Gasteiger partial charge in [0.2, 0.25) is 0 Å². The second-order valence-corrected chi connectivity index (χ2v) is 4.90. The molecule has 0 aliphatic carbocycles. The van der Waals surface area contributed by atoms with Crippen LogP contribution in [0.3, 0.4) is 0 Å². The van der Waals surface area contributed by atoms with Gasteiger partial charge in [-0.2, -0.15) is 0 Å². The summed E-state index contributed by atoms with van der Waals surface area (Å²) in [6.07, 6.45) is 0. The van der Waals surface area contributed by atoms with E-state index in [4.69, 9.17) is 4.74 Å². The summed E-state index contributed by atoms with van der Waals surface area (Å²) in [5, 5.41) is 2.75. The Morgan fingerprint density at radius 1 is 1.00 bits per heavy atom. The number of benzene rings is 2. The van der Waals surface area contributed by atoms with Crippen molar-refractivity contribution in [2.75, 3.05) is 18.5 Å². The molecule has 0 saturated heterocycles. The van der Waals surface area contributed by atoms with Crippen LogP contribution in [0.1, 0.15) is 0 Å². The van der Waals surface area contributed by atoms with Crippen LogP contribution in [0.5, 0.6) is 5.75 Å². The highest BCUT2D eigenvalue weighted by molar-refractivity contribution is 9.10. The minimum absolute atomic E-state index is 0.167. The Hall–Kier alpha value is -1.69. The molecule has 106 valence electrons. The number of nitrogens with one attached hydrogen (secondary N) is 1. The predicted octanol–water partition coefficient (Wildman–Crippen LogP) is 4.36. The summed E-state index contributed by atoms with van der Waals surface area (Å²) in [5.74, 6) is -3.23. The fourth-order valence-corrected chi connectivity index (χ4v) is 1.82. The number of hydrogen-bond acceptors (Lipinski definition) is 2. The fraction of sp³-hybridized carbons (Fsp3) is 0.143. The van der Waals surface area contributed by atoms with E-state index in [2.05, 4.69) is 21.2 Å². The van der Waals surface area contributed by atoms with E-state index in [0.29, 0.717) is 18.9 Å². The first kappa shape index (κ1) is 14.7. The van der Waals surface area contributed by atoms with Crippen molar-refractivity contribution < 1.29 is 17.9 Å². The van der Waals surface area contributed by atoms with Gasteiger partial charge in [-0.1, -0.05) is 15.9 Å². The molecule has 0 radical (unpaired) electrons. The molecule has 2 aromatic carbocycles. The van der Waals surface area contributed by atoms with E-state index >= 15 is 0 Å². The highest BCUT2D eigenvalue weighted by Gasteiger charge is 2.09. The van der Waals surface area contributed by atoms with E-state index in [1.165, 1.54) is 0 Å². The van der Waals surface area contributed by atoms with Crippen LogP contribution >= 0.6 is 15.9 Å². The van der Waals surface area contributed by atoms with E-state index in [-0.39, 0.29) is 5.69 Å². The van der Waals surface area contributed by atoms with E-state index in [1.54, 1.807) is 12.1 Å². The van der Waals surface area contributed by atoms with Gasteiger partial charge in [0, 0.05) is 28.8 Å². The molecule has 2 aromatic rings. The Morgan fingerprint density at radius 3 is 2.20 bits per heavy atom. The lowest BCUT2D eigenvalue weighted by molar-refractivity contribution is 0.332. The summed E-state index contributed by atoms with van der Waals surface area (Å²) in [4.78, 5) is 0. The number of hydrogen-bond donors (Lipinski definition) is 1. The van der Waals surface area contributed by atoms with Crippen molar-refractivity contribution in [3.05, 3.63) is 58.3 Å². The first-order valence-corrected chi connectivity index (χ1v) is 6.62. The van der Waals surface area contributed by atoms with Gasteiger partial charge in [0.05, 0.1) is 0 Å². The van der Waals surface area contributed by atoms with Gasteiger partial charge in [0.25, 0.3) is 0 Å². The maximum Gasteiger partial charge on any atom is 0.194 e. The van der Waals surface area contributed by atoms with Gasteiger partial charge < -0.3 is 10.1 Å². The largest absolute Gasteiger partial charge is 0.492 e. The molecule has 0 aliphatic heterocycles. The van der Waals surface area contributed by atoms with Gasteiger partial charge in [-0.25, -0.2) is 13.2 Å². The summed E-state index contributed by atoms with van der Waals surface area (Å²) < 4.78 is 45.0. The van der Waals surface area contributed by atoms with Crippen LogP contribution in [0.25, 0.3) is 0 Å². The van der Waals surface area contributed by atoms with E-state index < -0.39 is 17.5 Å². The van der Waals surface area contributed by atoms with E-state index in [9.17, 15) is 13.2 Å². The van der Waals surface area contributed by atoms with Crippen molar-refractivity contribution in [1.29, 1.82) is 0 Å². The zero-order valence-corrected chi connectivity index (χ0v) is 11.9. The van der Waals surface area contributed by atoms with Crippen molar-refractivity contribution >= 4 is 21.6 Å². The quantitative estimate of drug-likeness (QED) is 0.642. The van der Waals surface area contributed by atoms with E-state index in [0.717, 1.165) is 16.6 Å². The average molecular weight is 346 g/mol. The molecular weight excluding hydrogens is 335 g/mol. The Bertz CT molecular complexity index is 566. The van der Waals surface area contributed by atoms with Crippen molar-refractivity contribution in [1.82, 2.24) is 0 Å². The van der Waals surface area contributed by atoms with Gasteiger partial charge in [0.1, 0.15) is 12.4 Å². The molecule has 0 heterocycles. The SMILES string of the molecule is Fc1cc(NCCOc2ccc(Br)cc2)cc(F)c1F. The zero-order valence-electron chi connectivity index (χ0n) is 10.3. The summed E-state index contributed by atoms with van der Waals surface area (Å²) in [6.45, 7) is 0.642. The highest BCUT2D eigenvalue weighted by atomic mass is 79.9. The molecule has 0 unspecified atom stereocenters. The molecule has 0 aliphatic rings. The van der Waals surface area contributed by atoms with Gasteiger partial charge >= 0.3 is 0 Å². The molecule has 0 aromatic heterocycles. The number of anilines is 1. The predicted molar refractivity (Wildman–Crippen MR) is 74.4 cm³/mol. The van der Waals surface area contributed by atoms with Crippen LogP contribution < -0.4 is 10.1 Å². The third-order valence-corrected chi connectivity index (χ3v) is 3.03. The lowest BCUT2D eigenvalue weighted by Gasteiger charge is -2.09. The summed E-state index contributed by atoms with van der Waals surface area (Å²) in [7, 11) is 0. The maximum absolute atomic E-state index is 13.0. The Morgan fingerprint density at radius 2 is 1.60 bits per heavy atom. The number of ether oxygens (including phenoxy) is 1. The molecule has 0 spiro atoms. The van der Waals surface area contributed by atoms with Crippen LogP contribution in [0.15, 0.2) is 40.9 Å². The second-order valence-electron chi connectivity index (χ2n) is 3.98. The maximum atomic E-state index is 13.0. The van der Waals surface area contributed by atoms with Gasteiger partial charge in [-0.3, -0.25) is 0 Å². The second kappa shape index (κ2) is 6.65. The van der Waals surface area contributed by atoms with Crippen molar-refractivity contribution in [2.24, 2.45) is 0 Å². The normalized spacial score (nSPS) is 10.4. The summed E-state index contributed by atoms with van der Waals surface area (Å²) in [5.41, 5.74) is 0.167. The summed E-state index contributed by atoms with van der Waals surface area (Å²) in [6, 6.07) is 9.07. The minimum atomic E-state index is -1.47. The summed E-state index contributed by atoms with van der Waals surface area (Å²) >= 11 is 3.31. The lowest BCUT2D eigenvalue weighted by Crippen LogP contribution is -2.12. The topological polar surface area (TPSA) is 21.3 Å². The van der Waals surface area contributed by atoms with Gasteiger partial charge in [-0.15, -0.1) is 0 Å². The smallest absolute Gasteiger partial charge is 0.194 e. The average Bonchev–Trinajstić information content (AvgIpc) is 2.43. The van der Waals surface area contributed by atoms with Crippen LogP contribution in [0, 0.1) is 17.5 Å². The first-order valence-electron chi connectivity index (χ1n) is 5.83. The molecule has 0 fully saturated rings. The molecular formula is C14H11BrF3NO. The molecule has 2 rings (SSSR count). The zero-order chi connectivity index (χ0) is 14.5. The standard InChI is InChI=1S/C14H11BrF3NO/c15-9-1-3-11(4-2-9)20-6-5-19-10-7-12(16)14(18)13(17)8-10/h1-4,7-8,19H,5-6H2. The molecule has 0 bridgehead atoms. The molecule has 20 heavy (non-hydrogen) atoms. The molecule has 2 nitrogen and oxygen atoms in total. The van der Waals surface area contributed by atoms with Crippen LogP contribution in [-0.4, -0.2) is 13.2 Å². The first-order chi connectivity index (χ1) is 9.56. The van der Waals surface area contributed by atoms with E-state index in [1.807, 2.05) is 12.1 Å². The third-order valence-electron chi connectivity index (χ3n) is 2.50. The minimum Gasteiger partial charge on any atom is -0.492 e. The number of rotatable bonds is 5. The fourth-order valence-electron chi connectivity index (χ4n) is 1.55. The van der Waals surface area contributed by atoms with Crippen LogP contribution in [0.4, 0.5) is 18.9 Å². The van der Waals surface area contributed by atoms with Gasteiger partial charge in [-0.05, 0) is 24.3 Å². The van der Waals surface area contributed by atoms with Crippen molar-refractivity contribution in [2.45, 2.75) is 0 Å². The third kappa shape index (κ3) is 3.90. The van der Waals surface area contributed by atoms with Crippen LogP contribution in [0.2, 0.25) is 0 Å². The molecule has 0 amide bonds. The van der Waals surface area contributed by atoms with Crippen LogP contribution in [-0.2, 0) is 0 Å². The molecule has 6 heteroatoms. The Kier molecular flexibility index (Phi) is 4.89. The monoisotopic (exact) mass is 345 g/mol. The lowest BCUT2D eigenvalue weighted by atomic mass is 10.3. The molecule has 1 N–H and O–H groups in total. The highest BCUT2D eigenvalue weighted by Crippen LogP contribution is 2.18. The Labute approximate surface area is 122 Å². The number of halogens is 4. The Balaban J connectivity index is 1.83.